The Balaban J connectivity index is 1.92. The Bertz CT molecular complexity index is 422. The van der Waals surface area contributed by atoms with Crippen LogP contribution in [0.1, 0.15) is 31.7 Å². The highest BCUT2D eigenvalue weighted by molar-refractivity contribution is 6.29. The summed E-state index contributed by atoms with van der Waals surface area (Å²) in [4.78, 5) is 17.3. The van der Waals surface area contributed by atoms with Crippen molar-refractivity contribution in [3.05, 3.63) is 29.0 Å². The van der Waals surface area contributed by atoms with Gasteiger partial charge in [-0.05, 0) is 49.3 Å². The Morgan fingerprint density at radius 3 is 3.06 bits per heavy atom. The molecule has 3 nitrogen and oxygen atoms in total. The van der Waals surface area contributed by atoms with Crippen LogP contribution in [0, 0.1) is 5.92 Å². The van der Waals surface area contributed by atoms with Crippen molar-refractivity contribution >= 4 is 17.5 Å². The van der Waals surface area contributed by atoms with Gasteiger partial charge in [-0.2, -0.15) is 0 Å². The van der Waals surface area contributed by atoms with E-state index in [9.17, 15) is 4.79 Å². The lowest BCUT2D eigenvalue weighted by molar-refractivity contribution is -0.128. The minimum atomic E-state index is 0.197. The lowest BCUT2D eigenvalue weighted by Crippen LogP contribution is -2.29. The maximum absolute atomic E-state index is 11.4. The predicted molar refractivity (Wildman–Crippen MR) is 72.5 cm³/mol. The molecule has 1 fully saturated rings. The molecule has 1 aromatic rings. The number of amides is 1. The molecular weight excluding hydrogens is 248 g/mol. The topological polar surface area (TPSA) is 33.2 Å². The average molecular weight is 267 g/mol. The van der Waals surface area contributed by atoms with Crippen molar-refractivity contribution in [2.24, 2.45) is 5.92 Å². The largest absolute Gasteiger partial charge is 0.343 e. The van der Waals surface area contributed by atoms with Gasteiger partial charge in [0.1, 0.15) is 5.15 Å². The van der Waals surface area contributed by atoms with Gasteiger partial charge in [-0.3, -0.25) is 4.79 Å². The molecule has 1 aliphatic heterocycles. The average Bonchev–Trinajstić information content (AvgIpc) is 2.55. The van der Waals surface area contributed by atoms with Crippen LogP contribution in [-0.4, -0.2) is 28.9 Å². The molecule has 1 aromatic heterocycles. The number of likely N-dealkylation sites (tertiary alicyclic amines) is 1. The fourth-order valence-electron chi connectivity index (χ4n) is 2.59. The van der Waals surface area contributed by atoms with Crippen LogP contribution >= 0.6 is 11.6 Å². The Morgan fingerprint density at radius 2 is 2.33 bits per heavy atom. The number of pyridine rings is 1. The fraction of sp³-hybridized carbons (Fsp3) is 0.571. The van der Waals surface area contributed by atoms with E-state index in [4.69, 9.17) is 11.6 Å². The molecule has 1 amide bonds. The summed E-state index contributed by atoms with van der Waals surface area (Å²) in [6, 6.07) is 3.97. The second kappa shape index (κ2) is 6.19. The summed E-state index contributed by atoms with van der Waals surface area (Å²) >= 11 is 5.90. The molecule has 0 aliphatic carbocycles. The van der Waals surface area contributed by atoms with Crippen LogP contribution in [-0.2, 0) is 11.2 Å². The summed E-state index contributed by atoms with van der Waals surface area (Å²) in [5, 5.41) is 0.562. The first-order valence-corrected chi connectivity index (χ1v) is 6.89. The van der Waals surface area contributed by atoms with Crippen LogP contribution in [0.25, 0.3) is 0 Å². The summed E-state index contributed by atoms with van der Waals surface area (Å²) in [6.45, 7) is 3.45. The van der Waals surface area contributed by atoms with Crippen LogP contribution in [0.15, 0.2) is 18.3 Å². The number of carbonyl (C=O) groups is 1. The number of hydrogen-bond acceptors (Lipinski definition) is 2. The molecule has 0 radical (unpaired) electrons. The number of nitrogens with zero attached hydrogens (tertiary/aromatic N) is 2. The molecule has 1 atom stereocenters. The molecule has 98 valence electrons. The molecule has 0 saturated carbocycles. The number of halogens is 1. The van der Waals surface area contributed by atoms with E-state index in [1.165, 1.54) is 12.0 Å². The first kappa shape index (κ1) is 13.3. The van der Waals surface area contributed by atoms with Gasteiger partial charge in [0.15, 0.2) is 0 Å². The van der Waals surface area contributed by atoms with Crippen molar-refractivity contribution in [3.63, 3.8) is 0 Å². The Kier molecular flexibility index (Phi) is 4.59. The van der Waals surface area contributed by atoms with Gasteiger partial charge < -0.3 is 4.90 Å². The van der Waals surface area contributed by atoms with Crippen LogP contribution in [0.2, 0.25) is 5.15 Å². The molecule has 0 bridgehead atoms. The highest BCUT2D eigenvalue weighted by Crippen LogP contribution is 2.22. The van der Waals surface area contributed by atoms with E-state index in [0.29, 0.717) is 11.1 Å². The zero-order chi connectivity index (χ0) is 13.0. The highest BCUT2D eigenvalue weighted by atomic mass is 35.5. The quantitative estimate of drug-likeness (QED) is 0.771. The molecule has 1 saturated heterocycles. The lowest BCUT2D eigenvalue weighted by atomic mass is 9.93. The van der Waals surface area contributed by atoms with Gasteiger partial charge in [-0.1, -0.05) is 11.6 Å². The minimum Gasteiger partial charge on any atom is -0.343 e. The first-order valence-electron chi connectivity index (χ1n) is 6.51. The molecule has 1 aliphatic rings. The molecule has 2 heterocycles. The van der Waals surface area contributed by atoms with Gasteiger partial charge >= 0.3 is 0 Å². The van der Waals surface area contributed by atoms with Crippen molar-refractivity contribution in [3.8, 4) is 0 Å². The predicted octanol–water partition coefficient (Wildman–Crippen LogP) is 2.93. The Labute approximate surface area is 113 Å². The summed E-state index contributed by atoms with van der Waals surface area (Å²) < 4.78 is 0. The molecule has 2 rings (SSSR count). The maximum atomic E-state index is 11.4. The molecular formula is C14H19ClN2O. The molecule has 0 spiro atoms. The van der Waals surface area contributed by atoms with Crippen LogP contribution < -0.4 is 0 Å². The van der Waals surface area contributed by atoms with E-state index in [-0.39, 0.29) is 5.91 Å². The smallest absolute Gasteiger partial charge is 0.219 e. The lowest BCUT2D eigenvalue weighted by Gasteiger charge is -2.18. The standard InChI is InChI=1S/C14H19ClN2O/c1-11(18)17-7-2-3-12(5-8-17)9-13-4-6-16-14(15)10-13/h4,6,10,12H,2-3,5,7-9H2,1H3/t12-/m1/s1. The third-order valence-electron chi connectivity index (χ3n) is 3.61. The van der Waals surface area contributed by atoms with E-state index < -0.39 is 0 Å². The van der Waals surface area contributed by atoms with E-state index in [2.05, 4.69) is 4.98 Å². The van der Waals surface area contributed by atoms with Crippen molar-refractivity contribution in [2.75, 3.05) is 13.1 Å². The first-order chi connectivity index (χ1) is 8.65. The number of hydrogen-bond donors (Lipinski definition) is 0. The summed E-state index contributed by atoms with van der Waals surface area (Å²) in [7, 11) is 0. The van der Waals surface area contributed by atoms with Gasteiger partial charge in [0, 0.05) is 26.2 Å². The minimum absolute atomic E-state index is 0.197. The van der Waals surface area contributed by atoms with Gasteiger partial charge in [0.25, 0.3) is 0 Å². The van der Waals surface area contributed by atoms with Gasteiger partial charge in [0.05, 0.1) is 0 Å². The number of carbonyl (C=O) groups excluding carboxylic acids is 1. The second-order valence-corrected chi connectivity index (χ2v) is 5.38. The van der Waals surface area contributed by atoms with E-state index >= 15 is 0 Å². The molecule has 18 heavy (non-hydrogen) atoms. The van der Waals surface area contributed by atoms with Gasteiger partial charge in [0.2, 0.25) is 5.91 Å². The Morgan fingerprint density at radius 1 is 1.50 bits per heavy atom. The molecule has 0 unspecified atom stereocenters. The van der Waals surface area contributed by atoms with Crippen LogP contribution in [0.4, 0.5) is 0 Å². The third kappa shape index (κ3) is 3.70. The summed E-state index contributed by atoms with van der Waals surface area (Å²) in [5.74, 6) is 0.843. The van der Waals surface area contributed by atoms with E-state index in [0.717, 1.165) is 32.4 Å². The zero-order valence-electron chi connectivity index (χ0n) is 10.7. The van der Waals surface area contributed by atoms with Gasteiger partial charge in [-0.15, -0.1) is 0 Å². The third-order valence-corrected chi connectivity index (χ3v) is 3.82. The van der Waals surface area contributed by atoms with Crippen LogP contribution in [0.5, 0.6) is 0 Å². The summed E-state index contributed by atoms with van der Waals surface area (Å²) in [5.41, 5.74) is 1.25. The SMILES string of the molecule is CC(=O)N1CCC[C@@H](Cc2ccnc(Cl)c2)CC1. The summed E-state index contributed by atoms with van der Waals surface area (Å²) in [6.07, 6.45) is 6.16. The number of rotatable bonds is 2. The normalized spacial score (nSPS) is 20.6. The van der Waals surface area contributed by atoms with E-state index in [1.54, 1.807) is 13.1 Å². The molecule has 4 heteroatoms. The number of aromatic nitrogens is 1. The van der Waals surface area contributed by atoms with Crippen molar-refractivity contribution in [2.45, 2.75) is 32.6 Å². The monoisotopic (exact) mass is 266 g/mol. The van der Waals surface area contributed by atoms with Crippen molar-refractivity contribution < 1.29 is 4.79 Å². The maximum Gasteiger partial charge on any atom is 0.219 e. The molecule has 0 N–H and O–H groups in total. The zero-order valence-corrected chi connectivity index (χ0v) is 11.5. The Hall–Kier alpha value is -1.09. The van der Waals surface area contributed by atoms with Gasteiger partial charge in [-0.25, -0.2) is 4.98 Å². The molecule has 0 aromatic carbocycles. The van der Waals surface area contributed by atoms with E-state index in [1.807, 2.05) is 17.0 Å². The highest BCUT2D eigenvalue weighted by Gasteiger charge is 2.18. The van der Waals surface area contributed by atoms with Crippen molar-refractivity contribution in [1.29, 1.82) is 0 Å². The van der Waals surface area contributed by atoms with Crippen molar-refractivity contribution in [1.82, 2.24) is 9.88 Å². The second-order valence-electron chi connectivity index (χ2n) is 4.99. The fourth-order valence-corrected chi connectivity index (χ4v) is 2.78. The van der Waals surface area contributed by atoms with Crippen LogP contribution in [0.3, 0.4) is 0 Å².